The number of aromatic carboxylic acids is 1. The van der Waals surface area contributed by atoms with Gasteiger partial charge in [-0.15, -0.1) is 0 Å². The van der Waals surface area contributed by atoms with Crippen LogP contribution in [-0.4, -0.2) is 17.0 Å². The van der Waals surface area contributed by atoms with Gasteiger partial charge in [-0.1, -0.05) is 23.8 Å². The van der Waals surface area contributed by atoms with E-state index in [4.69, 9.17) is 5.11 Å². The van der Waals surface area contributed by atoms with Crippen molar-refractivity contribution in [3.63, 3.8) is 0 Å². The normalized spacial score (nSPS) is 10.2. The first-order valence-electron chi connectivity index (χ1n) is 6.34. The van der Waals surface area contributed by atoms with E-state index in [0.29, 0.717) is 5.56 Å². The Kier molecular flexibility index (Phi) is 4.33. The summed E-state index contributed by atoms with van der Waals surface area (Å²) in [7, 11) is 0. The number of aryl methyl sites for hydroxylation is 1. The van der Waals surface area contributed by atoms with Gasteiger partial charge in [-0.3, -0.25) is 4.79 Å². The molecule has 2 rings (SSSR count). The predicted molar refractivity (Wildman–Crippen MR) is 75.7 cm³/mol. The van der Waals surface area contributed by atoms with Crippen LogP contribution in [0.1, 0.15) is 31.8 Å². The van der Waals surface area contributed by atoms with Gasteiger partial charge in [0.25, 0.3) is 5.91 Å². The van der Waals surface area contributed by atoms with Gasteiger partial charge < -0.3 is 10.4 Å². The van der Waals surface area contributed by atoms with Gasteiger partial charge in [0.05, 0.1) is 11.1 Å². The van der Waals surface area contributed by atoms with Crippen LogP contribution in [0.5, 0.6) is 0 Å². The Morgan fingerprint density at radius 2 is 1.95 bits per heavy atom. The van der Waals surface area contributed by atoms with Crippen molar-refractivity contribution in [3.8, 4) is 0 Å². The minimum absolute atomic E-state index is 0.0237. The summed E-state index contributed by atoms with van der Waals surface area (Å²) in [5.74, 6) is -2.15. The molecule has 21 heavy (non-hydrogen) atoms. The number of amides is 1. The number of carboxylic acids is 1. The molecule has 0 aliphatic heterocycles. The van der Waals surface area contributed by atoms with Gasteiger partial charge in [0.15, 0.2) is 0 Å². The van der Waals surface area contributed by atoms with Gasteiger partial charge in [0.2, 0.25) is 0 Å². The SMILES string of the molecule is Cc1ccc(F)c(C(=O)NCc2cccc(C(=O)O)c2)c1. The smallest absolute Gasteiger partial charge is 0.335 e. The van der Waals surface area contributed by atoms with Crippen LogP contribution >= 0.6 is 0 Å². The van der Waals surface area contributed by atoms with Crippen LogP contribution < -0.4 is 5.32 Å². The quantitative estimate of drug-likeness (QED) is 0.908. The van der Waals surface area contributed by atoms with Crippen LogP contribution in [0.2, 0.25) is 0 Å². The number of benzene rings is 2. The Labute approximate surface area is 121 Å². The largest absolute Gasteiger partial charge is 0.478 e. The monoisotopic (exact) mass is 287 g/mol. The van der Waals surface area contributed by atoms with Crippen LogP contribution in [0.25, 0.3) is 0 Å². The average molecular weight is 287 g/mol. The van der Waals surface area contributed by atoms with Crippen LogP contribution in [0, 0.1) is 12.7 Å². The molecule has 1 amide bonds. The van der Waals surface area contributed by atoms with Crippen molar-refractivity contribution >= 4 is 11.9 Å². The lowest BCUT2D eigenvalue weighted by molar-refractivity contribution is 0.0696. The van der Waals surface area contributed by atoms with E-state index >= 15 is 0 Å². The molecule has 0 aliphatic rings. The third kappa shape index (κ3) is 3.66. The van der Waals surface area contributed by atoms with Crippen molar-refractivity contribution in [3.05, 3.63) is 70.5 Å². The third-order valence-corrected chi connectivity index (χ3v) is 2.99. The number of nitrogens with one attached hydrogen (secondary N) is 1. The van der Waals surface area contributed by atoms with Crippen molar-refractivity contribution in [2.75, 3.05) is 0 Å². The number of hydrogen-bond donors (Lipinski definition) is 2. The third-order valence-electron chi connectivity index (χ3n) is 2.99. The van der Waals surface area contributed by atoms with Crippen molar-refractivity contribution in [2.24, 2.45) is 0 Å². The van der Waals surface area contributed by atoms with Crippen molar-refractivity contribution in [1.29, 1.82) is 0 Å². The lowest BCUT2D eigenvalue weighted by atomic mass is 10.1. The zero-order valence-corrected chi connectivity index (χ0v) is 11.4. The van der Waals surface area contributed by atoms with Gasteiger partial charge in [-0.2, -0.15) is 0 Å². The number of hydrogen-bond acceptors (Lipinski definition) is 2. The topological polar surface area (TPSA) is 66.4 Å². The Bertz CT molecular complexity index is 698. The Hall–Kier alpha value is -2.69. The summed E-state index contributed by atoms with van der Waals surface area (Å²) in [5, 5.41) is 11.5. The molecular weight excluding hydrogens is 273 g/mol. The highest BCUT2D eigenvalue weighted by Gasteiger charge is 2.11. The first-order chi connectivity index (χ1) is 9.97. The van der Waals surface area contributed by atoms with Gasteiger partial charge in [-0.05, 0) is 36.8 Å². The standard InChI is InChI=1S/C16H14FNO3/c1-10-5-6-14(17)13(7-10)15(19)18-9-11-3-2-4-12(8-11)16(20)21/h2-8H,9H2,1H3,(H,18,19)(H,20,21). The van der Waals surface area contributed by atoms with E-state index in [9.17, 15) is 14.0 Å². The number of rotatable bonds is 4. The Morgan fingerprint density at radius 1 is 1.19 bits per heavy atom. The van der Waals surface area contributed by atoms with Crippen molar-refractivity contribution in [1.82, 2.24) is 5.32 Å². The molecule has 4 nitrogen and oxygen atoms in total. The molecule has 0 aromatic heterocycles. The molecule has 0 saturated carbocycles. The fourth-order valence-electron chi connectivity index (χ4n) is 1.91. The van der Waals surface area contributed by atoms with E-state index in [1.165, 1.54) is 24.3 Å². The van der Waals surface area contributed by atoms with E-state index in [2.05, 4.69) is 5.32 Å². The van der Waals surface area contributed by atoms with Crippen molar-refractivity contribution in [2.45, 2.75) is 13.5 Å². The maximum atomic E-state index is 13.6. The second kappa shape index (κ2) is 6.17. The molecule has 0 aliphatic carbocycles. The second-order valence-electron chi connectivity index (χ2n) is 4.67. The van der Waals surface area contributed by atoms with E-state index in [1.807, 2.05) is 0 Å². The van der Waals surface area contributed by atoms with Crippen molar-refractivity contribution < 1.29 is 19.1 Å². The molecule has 0 atom stereocenters. The lowest BCUT2D eigenvalue weighted by Gasteiger charge is -2.07. The summed E-state index contributed by atoms with van der Waals surface area (Å²) in [4.78, 5) is 22.8. The zero-order valence-electron chi connectivity index (χ0n) is 11.4. The molecule has 2 N–H and O–H groups in total. The molecule has 0 unspecified atom stereocenters. The molecule has 0 saturated heterocycles. The van der Waals surface area contributed by atoms with Crippen LogP contribution in [0.3, 0.4) is 0 Å². The van der Waals surface area contributed by atoms with E-state index in [-0.39, 0.29) is 17.7 Å². The second-order valence-corrected chi connectivity index (χ2v) is 4.67. The summed E-state index contributed by atoms with van der Waals surface area (Å²) in [5.41, 5.74) is 1.54. The van der Waals surface area contributed by atoms with Gasteiger partial charge in [0.1, 0.15) is 5.82 Å². The molecule has 108 valence electrons. The fourth-order valence-corrected chi connectivity index (χ4v) is 1.91. The van der Waals surface area contributed by atoms with Gasteiger partial charge in [0, 0.05) is 6.54 Å². The number of halogens is 1. The molecule has 0 spiro atoms. The zero-order chi connectivity index (χ0) is 15.4. The maximum absolute atomic E-state index is 13.6. The molecule has 2 aromatic rings. The maximum Gasteiger partial charge on any atom is 0.335 e. The molecular formula is C16H14FNO3. The Morgan fingerprint density at radius 3 is 2.67 bits per heavy atom. The molecule has 5 heteroatoms. The minimum atomic E-state index is -1.03. The van der Waals surface area contributed by atoms with Crippen LogP contribution in [0.15, 0.2) is 42.5 Å². The van der Waals surface area contributed by atoms with E-state index < -0.39 is 17.7 Å². The summed E-state index contributed by atoms with van der Waals surface area (Å²) in [6, 6.07) is 10.5. The highest BCUT2D eigenvalue weighted by atomic mass is 19.1. The highest BCUT2D eigenvalue weighted by Crippen LogP contribution is 2.11. The first-order valence-corrected chi connectivity index (χ1v) is 6.34. The molecule has 0 radical (unpaired) electrons. The number of carbonyl (C=O) groups excluding carboxylic acids is 1. The van der Waals surface area contributed by atoms with E-state index in [1.54, 1.807) is 25.1 Å². The predicted octanol–water partition coefficient (Wildman–Crippen LogP) is 2.76. The van der Waals surface area contributed by atoms with Crippen LogP contribution in [-0.2, 0) is 6.54 Å². The van der Waals surface area contributed by atoms with Gasteiger partial charge in [-0.25, -0.2) is 9.18 Å². The minimum Gasteiger partial charge on any atom is -0.478 e. The summed E-state index contributed by atoms with van der Waals surface area (Å²) in [6.45, 7) is 1.90. The summed E-state index contributed by atoms with van der Waals surface area (Å²) in [6.07, 6.45) is 0. The fraction of sp³-hybridized carbons (Fsp3) is 0.125. The Balaban J connectivity index is 2.09. The first kappa shape index (κ1) is 14.7. The average Bonchev–Trinajstić information content (AvgIpc) is 2.47. The molecule has 0 bridgehead atoms. The molecule has 0 heterocycles. The summed E-state index contributed by atoms with van der Waals surface area (Å²) < 4.78 is 13.6. The highest BCUT2D eigenvalue weighted by molar-refractivity contribution is 5.94. The van der Waals surface area contributed by atoms with Crippen LogP contribution in [0.4, 0.5) is 4.39 Å². The number of carbonyl (C=O) groups is 2. The number of carboxylic acid groups (broad SMARTS) is 1. The molecule has 2 aromatic carbocycles. The van der Waals surface area contributed by atoms with E-state index in [0.717, 1.165) is 5.56 Å². The van der Waals surface area contributed by atoms with Gasteiger partial charge >= 0.3 is 5.97 Å². The lowest BCUT2D eigenvalue weighted by Crippen LogP contribution is -2.24. The molecule has 0 fully saturated rings. The summed E-state index contributed by atoms with van der Waals surface area (Å²) >= 11 is 0.